The summed E-state index contributed by atoms with van der Waals surface area (Å²) in [5.41, 5.74) is 0. The summed E-state index contributed by atoms with van der Waals surface area (Å²) in [7, 11) is 0. The first kappa shape index (κ1) is 31.3. The first-order valence-electron chi connectivity index (χ1n) is 7.12. The first-order valence-corrected chi connectivity index (χ1v) is 7.12. The van der Waals surface area contributed by atoms with E-state index in [2.05, 4.69) is 13.8 Å². The van der Waals surface area contributed by atoms with Crippen LogP contribution in [-0.4, -0.2) is 58.6 Å². The summed E-state index contributed by atoms with van der Waals surface area (Å²) in [5, 5.41) is 38.8. The van der Waals surface area contributed by atoms with E-state index in [0.717, 1.165) is 25.7 Å². The lowest BCUT2D eigenvalue weighted by atomic mass is 10.4. The van der Waals surface area contributed by atoms with Crippen LogP contribution < -0.4 is 0 Å². The SMILES string of the molecule is CCCCO.CCCCO.CCO.CCO.CCO. The number of hydrogen-bond acceptors (Lipinski definition) is 5. The molecule has 124 valence electrons. The van der Waals surface area contributed by atoms with Crippen LogP contribution in [0.2, 0.25) is 0 Å². The summed E-state index contributed by atoms with van der Waals surface area (Å²) in [6.07, 6.45) is 4.08. The van der Waals surface area contributed by atoms with E-state index in [1.54, 1.807) is 20.8 Å². The van der Waals surface area contributed by atoms with Crippen molar-refractivity contribution in [2.24, 2.45) is 0 Å². The van der Waals surface area contributed by atoms with Crippen molar-refractivity contribution >= 4 is 0 Å². The Bertz CT molecular complexity index is 58.1. The maximum absolute atomic E-state index is 8.07. The number of unbranched alkanes of at least 4 members (excludes halogenated alkanes) is 2. The van der Waals surface area contributed by atoms with E-state index in [1.165, 1.54) is 0 Å². The van der Waals surface area contributed by atoms with E-state index >= 15 is 0 Å². The smallest absolute Gasteiger partial charge is 0.0430 e. The number of aliphatic hydroxyl groups is 5. The van der Waals surface area contributed by atoms with Crippen molar-refractivity contribution in [2.75, 3.05) is 33.0 Å². The van der Waals surface area contributed by atoms with E-state index in [-0.39, 0.29) is 19.8 Å². The third-order valence-corrected chi connectivity index (χ3v) is 1.02. The molecule has 0 unspecified atom stereocenters. The van der Waals surface area contributed by atoms with Gasteiger partial charge in [-0.25, -0.2) is 0 Å². The summed E-state index contributed by atoms with van der Waals surface area (Å²) in [5.74, 6) is 0. The summed E-state index contributed by atoms with van der Waals surface area (Å²) < 4.78 is 0. The molecule has 0 saturated carbocycles. The highest BCUT2D eigenvalue weighted by Gasteiger charge is 1.69. The van der Waals surface area contributed by atoms with Crippen molar-refractivity contribution in [2.45, 2.75) is 60.3 Å². The number of aliphatic hydroxyl groups excluding tert-OH is 5. The van der Waals surface area contributed by atoms with Crippen LogP contribution in [0.25, 0.3) is 0 Å². The molecule has 0 atom stereocenters. The highest BCUT2D eigenvalue weighted by molar-refractivity contribution is 4.23. The predicted molar refractivity (Wildman–Crippen MR) is 82.3 cm³/mol. The Morgan fingerprint density at radius 2 is 0.632 bits per heavy atom. The van der Waals surface area contributed by atoms with Crippen LogP contribution >= 0.6 is 0 Å². The van der Waals surface area contributed by atoms with Crippen LogP contribution in [0, 0.1) is 0 Å². The predicted octanol–water partition coefficient (Wildman–Crippen LogP) is 1.55. The molecule has 0 fully saturated rings. The second kappa shape index (κ2) is 64.9. The Morgan fingerprint density at radius 1 is 0.474 bits per heavy atom. The molecule has 0 heterocycles. The molecule has 0 aromatic heterocycles. The van der Waals surface area contributed by atoms with Crippen molar-refractivity contribution in [1.82, 2.24) is 0 Å². The third-order valence-electron chi connectivity index (χ3n) is 1.02. The van der Waals surface area contributed by atoms with Gasteiger partial charge in [0.25, 0.3) is 0 Å². The monoisotopic (exact) mass is 286 g/mol. The summed E-state index contributed by atoms with van der Waals surface area (Å²) in [4.78, 5) is 0. The molecule has 0 radical (unpaired) electrons. The van der Waals surface area contributed by atoms with Crippen LogP contribution in [0.3, 0.4) is 0 Å². The molecule has 0 saturated heterocycles. The second-order valence-corrected chi connectivity index (χ2v) is 3.10. The lowest BCUT2D eigenvalue weighted by Crippen LogP contribution is -1.75. The normalized spacial score (nSPS) is 7.26. The average molecular weight is 286 g/mol. The van der Waals surface area contributed by atoms with Gasteiger partial charge in [0.2, 0.25) is 0 Å². The summed E-state index contributed by atoms with van der Waals surface area (Å²) in [6, 6.07) is 0. The topological polar surface area (TPSA) is 101 Å². The van der Waals surface area contributed by atoms with Crippen molar-refractivity contribution in [1.29, 1.82) is 0 Å². The standard InChI is InChI=1S/2C4H10O.3C2H6O/c2*1-2-3-4-5;3*1-2-3/h2*5H,2-4H2,1H3;3*3H,2H2,1H3. The van der Waals surface area contributed by atoms with Crippen molar-refractivity contribution < 1.29 is 25.5 Å². The molecular weight excluding hydrogens is 248 g/mol. The molecule has 0 aliphatic heterocycles. The molecule has 0 rings (SSSR count). The van der Waals surface area contributed by atoms with Crippen molar-refractivity contribution in [3.8, 4) is 0 Å². The maximum Gasteiger partial charge on any atom is 0.0430 e. The van der Waals surface area contributed by atoms with Crippen LogP contribution in [-0.2, 0) is 0 Å². The van der Waals surface area contributed by atoms with Gasteiger partial charge >= 0.3 is 0 Å². The molecule has 5 heteroatoms. The van der Waals surface area contributed by atoms with Gasteiger partial charge in [-0.2, -0.15) is 0 Å². The average Bonchev–Trinajstić information content (AvgIpc) is 2.35. The number of hydrogen-bond donors (Lipinski definition) is 5. The largest absolute Gasteiger partial charge is 0.397 e. The van der Waals surface area contributed by atoms with E-state index in [1.807, 2.05) is 0 Å². The van der Waals surface area contributed by atoms with Gasteiger partial charge in [0.15, 0.2) is 0 Å². The molecule has 0 spiro atoms. The molecule has 5 N–H and O–H groups in total. The minimum absolute atomic E-state index is 0.250. The van der Waals surface area contributed by atoms with Gasteiger partial charge in [0, 0.05) is 33.0 Å². The highest BCUT2D eigenvalue weighted by Crippen LogP contribution is 1.79. The fourth-order valence-corrected chi connectivity index (χ4v) is 0.316. The van der Waals surface area contributed by atoms with Gasteiger partial charge in [0.1, 0.15) is 0 Å². The molecule has 0 aliphatic rings. The zero-order chi connectivity index (χ0) is 16.4. The minimum atomic E-state index is 0.250. The Kier molecular flexibility index (Phi) is 107. The molecule has 0 bridgehead atoms. The molecule has 19 heavy (non-hydrogen) atoms. The van der Waals surface area contributed by atoms with E-state index < -0.39 is 0 Å². The van der Waals surface area contributed by atoms with Gasteiger partial charge < -0.3 is 25.5 Å². The zero-order valence-corrected chi connectivity index (χ0v) is 13.6. The minimum Gasteiger partial charge on any atom is -0.397 e. The summed E-state index contributed by atoms with van der Waals surface area (Å²) >= 11 is 0. The third kappa shape index (κ3) is 308. The van der Waals surface area contributed by atoms with E-state index in [9.17, 15) is 0 Å². The van der Waals surface area contributed by atoms with Gasteiger partial charge in [-0.3, -0.25) is 0 Å². The van der Waals surface area contributed by atoms with E-state index in [4.69, 9.17) is 25.5 Å². The first-order chi connectivity index (χ1) is 9.07. The maximum atomic E-state index is 8.07. The van der Waals surface area contributed by atoms with Crippen molar-refractivity contribution in [3.63, 3.8) is 0 Å². The van der Waals surface area contributed by atoms with Crippen LogP contribution in [0.4, 0.5) is 0 Å². The molecular formula is C14H38O5. The van der Waals surface area contributed by atoms with Crippen molar-refractivity contribution in [3.05, 3.63) is 0 Å². The lowest BCUT2D eigenvalue weighted by Gasteiger charge is -1.79. The Balaban J connectivity index is -0.0000000442. The zero-order valence-electron chi connectivity index (χ0n) is 13.6. The molecule has 0 aromatic rings. The lowest BCUT2D eigenvalue weighted by molar-refractivity contribution is 0.286. The quantitative estimate of drug-likeness (QED) is 0.540. The van der Waals surface area contributed by atoms with Gasteiger partial charge in [-0.1, -0.05) is 26.7 Å². The Labute approximate surface area is 119 Å². The fourth-order valence-electron chi connectivity index (χ4n) is 0.316. The van der Waals surface area contributed by atoms with Crippen LogP contribution in [0.5, 0.6) is 0 Å². The number of rotatable bonds is 4. The molecule has 0 amide bonds. The second-order valence-electron chi connectivity index (χ2n) is 3.10. The Morgan fingerprint density at radius 3 is 0.632 bits per heavy atom. The van der Waals surface area contributed by atoms with Gasteiger partial charge in [-0.05, 0) is 33.6 Å². The highest BCUT2D eigenvalue weighted by atomic mass is 16.3. The molecule has 0 aromatic carbocycles. The van der Waals surface area contributed by atoms with Crippen LogP contribution in [0.1, 0.15) is 60.3 Å². The molecule has 0 aliphatic carbocycles. The Hall–Kier alpha value is -0.200. The summed E-state index contributed by atoms with van der Waals surface area (Å²) in [6.45, 7) is 10.6. The van der Waals surface area contributed by atoms with E-state index in [0.29, 0.717) is 13.2 Å². The van der Waals surface area contributed by atoms with Crippen LogP contribution in [0.15, 0.2) is 0 Å². The molecule has 5 nitrogen and oxygen atoms in total. The fraction of sp³-hybridized carbons (Fsp3) is 1.00. The van der Waals surface area contributed by atoms with Gasteiger partial charge in [0.05, 0.1) is 0 Å². The van der Waals surface area contributed by atoms with Gasteiger partial charge in [-0.15, -0.1) is 0 Å².